The van der Waals surface area contributed by atoms with Crippen molar-refractivity contribution in [2.75, 3.05) is 0 Å². The van der Waals surface area contributed by atoms with E-state index in [0.29, 0.717) is 0 Å². The third-order valence-electron chi connectivity index (χ3n) is 3.29. The quantitative estimate of drug-likeness (QED) is 0.703. The van der Waals surface area contributed by atoms with Gasteiger partial charge in [-0.2, -0.15) is 0 Å². The first-order chi connectivity index (χ1) is 8.19. The predicted molar refractivity (Wildman–Crippen MR) is 76.2 cm³/mol. The molecule has 0 aliphatic carbocycles. The molecule has 0 amide bonds. The highest BCUT2D eigenvalue weighted by Gasteiger charge is 2.02. The summed E-state index contributed by atoms with van der Waals surface area (Å²) in [5.41, 5.74) is 2.58. The molecule has 0 saturated heterocycles. The summed E-state index contributed by atoms with van der Waals surface area (Å²) in [5, 5.41) is 3.93. The molecule has 88 valence electrons. The standard InChI is InChI=1S/C16H19N/c1-5-12(3)11-14-13-9-7-8-10-16(13)17(4)15(14)6-2/h5-11H,1-4H3/b12-5-,14-11-,15-6+. The maximum Gasteiger partial charge on any atom is 0.0488 e. The van der Waals surface area contributed by atoms with Gasteiger partial charge in [-0.05, 0) is 32.9 Å². The van der Waals surface area contributed by atoms with Gasteiger partial charge in [0.2, 0.25) is 0 Å². The molecule has 0 unspecified atom stereocenters. The highest BCUT2D eigenvalue weighted by atomic mass is 14.9. The average Bonchev–Trinajstić information content (AvgIpc) is 2.63. The number of hydrogen-bond donors (Lipinski definition) is 0. The van der Waals surface area contributed by atoms with Gasteiger partial charge in [0, 0.05) is 28.5 Å². The molecule has 0 saturated carbocycles. The van der Waals surface area contributed by atoms with Gasteiger partial charge >= 0.3 is 0 Å². The minimum absolute atomic E-state index is 1.28. The van der Waals surface area contributed by atoms with Crippen molar-refractivity contribution in [3.8, 4) is 0 Å². The number of aromatic nitrogens is 1. The van der Waals surface area contributed by atoms with Gasteiger partial charge in [-0.15, -0.1) is 0 Å². The normalized spacial score (nSPS) is 14.9. The van der Waals surface area contributed by atoms with Gasteiger partial charge < -0.3 is 4.57 Å². The molecule has 1 heterocycles. The van der Waals surface area contributed by atoms with Crippen LogP contribution >= 0.6 is 0 Å². The second-order valence-corrected chi connectivity index (χ2v) is 4.34. The van der Waals surface area contributed by atoms with Gasteiger partial charge in [0.15, 0.2) is 0 Å². The van der Waals surface area contributed by atoms with Crippen LogP contribution in [0, 0.1) is 0 Å². The highest BCUT2D eigenvalue weighted by Crippen LogP contribution is 2.07. The number of aryl methyl sites for hydroxylation is 1. The summed E-state index contributed by atoms with van der Waals surface area (Å²) < 4.78 is 2.25. The van der Waals surface area contributed by atoms with Gasteiger partial charge in [-0.1, -0.05) is 35.9 Å². The maximum absolute atomic E-state index is 2.26. The minimum atomic E-state index is 1.28. The van der Waals surface area contributed by atoms with E-state index in [4.69, 9.17) is 0 Å². The van der Waals surface area contributed by atoms with Gasteiger partial charge in [-0.25, -0.2) is 0 Å². The van der Waals surface area contributed by atoms with Crippen LogP contribution in [0.25, 0.3) is 23.1 Å². The fraction of sp³-hybridized carbons (Fsp3) is 0.250. The summed E-state index contributed by atoms with van der Waals surface area (Å²) in [4.78, 5) is 0. The van der Waals surface area contributed by atoms with Crippen LogP contribution in [0.1, 0.15) is 20.8 Å². The molecule has 0 fully saturated rings. The fourth-order valence-corrected chi connectivity index (χ4v) is 2.25. The Morgan fingerprint density at radius 1 is 1.18 bits per heavy atom. The molecule has 2 aromatic rings. The monoisotopic (exact) mass is 225 g/mol. The number of rotatable bonds is 1. The lowest BCUT2D eigenvalue weighted by Crippen LogP contribution is -2.27. The first-order valence-electron chi connectivity index (χ1n) is 6.03. The van der Waals surface area contributed by atoms with Crippen molar-refractivity contribution in [1.29, 1.82) is 0 Å². The Balaban J connectivity index is 3.01. The molecular weight excluding hydrogens is 206 g/mol. The second-order valence-electron chi connectivity index (χ2n) is 4.34. The van der Waals surface area contributed by atoms with E-state index in [1.165, 1.54) is 27.0 Å². The molecule has 0 spiro atoms. The largest absolute Gasteiger partial charge is 0.344 e. The zero-order valence-corrected chi connectivity index (χ0v) is 11.0. The van der Waals surface area contributed by atoms with Crippen molar-refractivity contribution in [3.05, 3.63) is 46.5 Å². The van der Waals surface area contributed by atoms with Crippen LogP contribution < -0.4 is 10.6 Å². The Kier molecular flexibility index (Phi) is 3.19. The molecule has 0 bridgehead atoms. The SMILES string of the molecule is C\C=C(C)/C=c1\c(=C/C)n(C)c2ccccc12. The molecule has 0 aliphatic heterocycles. The number of allylic oxidation sites excluding steroid dienone is 2. The van der Waals surface area contributed by atoms with Gasteiger partial charge in [0.1, 0.15) is 0 Å². The lowest BCUT2D eigenvalue weighted by atomic mass is 10.1. The van der Waals surface area contributed by atoms with E-state index in [0.717, 1.165) is 0 Å². The Labute approximate surface area is 102 Å². The van der Waals surface area contributed by atoms with Crippen molar-refractivity contribution in [1.82, 2.24) is 4.57 Å². The van der Waals surface area contributed by atoms with Gasteiger partial charge in [0.25, 0.3) is 0 Å². The Morgan fingerprint density at radius 2 is 1.88 bits per heavy atom. The number of para-hydroxylation sites is 1. The van der Waals surface area contributed by atoms with Crippen molar-refractivity contribution < 1.29 is 0 Å². The molecule has 0 radical (unpaired) electrons. The fourth-order valence-electron chi connectivity index (χ4n) is 2.25. The average molecular weight is 225 g/mol. The molecular formula is C16H19N. The van der Waals surface area contributed by atoms with Crippen LogP contribution in [0.3, 0.4) is 0 Å². The van der Waals surface area contributed by atoms with E-state index in [1.54, 1.807) is 0 Å². The lowest BCUT2D eigenvalue weighted by molar-refractivity contribution is 0.924. The summed E-state index contributed by atoms with van der Waals surface area (Å²) in [6.07, 6.45) is 6.58. The second kappa shape index (κ2) is 4.62. The Morgan fingerprint density at radius 3 is 2.53 bits per heavy atom. The van der Waals surface area contributed by atoms with Crippen LogP contribution in [-0.2, 0) is 7.05 Å². The Hall–Kier alpha value is -1.76. The molecule has 1 heteroatoms. The van der Waals surface area contributed by atoms with Gasteiger partial charge in [-0.3, -0.25) is 0 Å². The molecule has 2 rings (SSSR count). The molecule has 0 aliphatic rings. The number of fused-ring (bicyclic) bond motifs is 1. The van der Waals surface area contributed by atoms with E-state index in [2.05, 4.69) is 74.9 Å². The number of nitrogens with zero attached hydrogens (tertiary/aromatic N) is 1. The van der Waals surface area contributed by atoms with Crippen molar-refractivity contribution in [2.45, 2.75) is 20.8 Å². The van der Waals surface area contributed by atoms with E-state index < -0.39 is 0 Å². The number of benzene rings is 1. The minimum Gasteiger partial charge on any atom is -0.344 e. The molecule has 17 heavy (non-hydrogen) atoms. The van der Waals surface area contributed by atoms with E-state index in [-0.39, 0.29) is 0 Å². The summed E-state index contributed by atoms with van der Waals surface area (Å²) in [6, 6.07) is 8.56. The van der Waals surface area contributed by atoms with Crippen LogP contribution in [0.5, 0.6) is 0 Å². The molecule has 0 atom stereocenters. The number of hydrogen-bond acceptors (Lipinski definition) is 0. The third-order valence-corrected chi connectivity index (χ3v) is 3.29. The molecule has 0 N–H and O–H groups in total. The van der Waals surface area contributed by atoms with Crippen LogP contribution in [0.4, 0.5) is 0 Å². The summed E-state index contributed by atoms with van der Waals surface area (Å²) in [6.45, 7) is 6.31. The summed E-state index contributed by atoms with van der Waals surface area (Å²) in [7, 11) is 2.12. The predicted octanol–water partition coefficient (Wildman–Crippen LogP) is 2.73. The van der Waals surface area contributed by atoms with Crippen LogP contribution in [-0.4, -0.2) is 4.57 Å². The zero-order valence-electron chi connectivity index (χ0n) is 11.0. The first kappa shape index (κ1) is 11.7. The van der Waals surface area contributed by atoms with Crippen LogP contribution in [0.15, 0.2) is 35.9 Å². The first-order valence-corrected chi connectivity index (χ1v) is 6.03. The van der Waals surface area contributed by atoms with Crippen molar-refractivity contribution in [3.63, 3.8) is 0 Å². The summed E-state index contributed by atoms with van der Waals surface area (Å²) >= 11 is 0. The van der Waals surface area contributed by atoms with E-state index >= 15 is 0 Å². The maximum atomic E-state index is 2.26. The summed E-state index contributed by atoms with van der Waals surface area (Å²) in [5.74, 6) is 0. The zero-order chi connectivity index (χ0) is 12.4. The Bertz CT molecular complexity index is 684. The molecule has 1 aromatic carbocycles. The smallest absolute Gasteiger partial charge is 0.0488 e. The third kappa shape index (κ3) is 1.93. The van der Waals surface area contributed by atoms with Crippen molar-refractivity contribution in [2.24, 2.45) is 7.05 Å². The van der Waals surface area contributed by atoms with E-state index in [1.807, 2.05) is 0 Å². The van der Waals surface area contributed by atoms with Gasteiger partial charge in [0.05, 0.1) is 0 Å². The molecule has 1 nitrogen and oxygen atoms in total. The lowest BCUT2D eigenvalue weighted by Gasteiger charge is -1.94. The highest BCUT2D eigenvalue weighted by molar-refractivity contribution is 5.82. The van der Waals surface area contributed by atoms with Crippen molar-refractivity contribution >= 4 is 23.1 Å². The van der Waals surface area contributed by atoms with Crippen LogP contribution in [0.2, 0.25) is 0 Å². The molecule has 1 aromatic heterocycles. The topological polar surface area (TPSA) is 4.93 Å². The van der Waals surface area contributed by atoms with E-state index in [9.17, 15) is 0 Å².